The first-order chi connectivity index (χ1) is 18.1. The molecule has 7 nitrogen and oxygen atoms in total. The molecule has 3 aromatic rings. The molecule has 5 rings (SSSR count). The zero-order chi connectivity index (χ0) is 25.8. The van der Waals surface area contributed by atoms with Crippen LogP contribution in [0.4, 0.5) is 5.69 Å². The summed E-state index contributed by atoms with van der Waals surface area (Å²) in [6.45, 7) is 9.66. The Kier molecular flexibility index (Phi) is 8.12. The van der Waals surface area contributed by atoms with Crippen LogP contribution in [0.5, 0.6) is 0 Å². The highest BCUT2D eigenvalue weighted by Crippen LogP contribution is 2.41. The van der Waals surface area contributed by atoms with Gasteiger partial charge in [0.1, 0.15) is 11.3 Å². The molecule has 2 N–H and O–H groups in total. The van der Waals surface area contributed by atoms with Gasteiger partial charge in [-0.15, -0.1) is 0 Å². The number of rotatable bonds is 9. The summed E-state index contributed by atoms with van der Waals surface area (Å²) in [7, 11) is 4.46. The third kappa shape index (κ3) is 5.27. The van der Waals surface area contributed by atoms with E-state index >= 15 is 0 Å². The summed E-state index contributed by atoms with van der Waals surface area (Å²) in [6.07, 6.45) is 8.88. The molecular formula is C30H45N7. The summed E-state index contributed by atoms with van der Waals surface area (Å²) in [6, 6.07) is 14.1. The molecule has 1 saturated carbocycles. The van der Waals surface area contributed by atoms with Crippen molar-refractivity contribution >= 4 is 16.9 Å². The maximum atomic E-state index is 5.21. The number of fused-ring (bicyclic) bond motifs is 1. The van der Waals surface area contributed by atoms with Crippen LogP contribution in [-0.2, 0) is 12.1 Å². The lowest BCUT2D eigenvalue weighted by atomic mass is 9.74. The van der Waals surface area contributed by atoms with E-state index in [4.69, 9.17) is 9.97 Å². The predicted molar refractivity (Wildman–Crippen MR) is 153 cm³/mol. The molecule has 2 aliphatic rings. The van der Waals surface area contributed by atoms with Crippen LogP contribution >= 0.6 is 0 Å². The van der Waals surface area contributed by atoms with Gasteiger partial charge in [0.2, 0.25) is 0 Å². The van der Waals surface area contributed by atoms with Gasteiger partial charge in [0.15, 0.2) is 5.65 Å². The number of hydrogen-bond acceptors (Lipinski definition) is 6. The minimum absolute atomic E-state index is 0.120. The number of piperazine rings is 1. The molecule has 0 amide bonds. The van der Waals surface area contributed by atoms with E-state index in [1.54, 1.807) is 0 Å². The molecule has 2 aromatic heterocycles. The minimum Gasteiger partial charge on any atom is -0.381 e. The molecule has 1 aromatic carbocycles. The van der Waals surface area contributed by atoms with Crippen molar-refractivity contribution < 1.29 is 0 Å². The van der Waals surface area contributed by atoms with Crippen molar-refractivity contribution in [3.05, 3.63) is 54.0 Å². The van der Waals surface area contributed by atoms with Gasteiger partial charge in [-0.1, -0.05) is 43.7 Å². The molecule has 1 atom stereocenters. The molecule has 0 radical (unpaired) electrons. The van der Waals surface area contributed by atoms with Gasteiger partial charge in [-0.25, -0.2) is 9.97 Å². The van der Waals surface area contributed by atoms with E-state index < -0.39 is 0 Å². The number of nitrogens with one attached hydrogen (secondary N) is 2. The first kappa shape index (κ1) is 26.1. The molecule has 37 heavy (non-hydrogen) atoms. The highest BCUT2D eigenvalue weighted by molar-refractivity contribution is 5.76. The number of anilines is 1. The maximum Gasteiger partial charge on any atom is 0.160 e. The SMILES string of the molecule is CCCC(c1nc2cc(N[C@H]3CC[C@@](c4ccccc4)(N(C)C)CC3)cnc2n1CC)N1CCNCC1. The van der Waals surface area contributed by atoms with Crippen molar-refractivity contribution in [3.8, 4) is 0 Å². The molecule has 7 heteroatoms. The molecule has 1 unspecified atom stereocenters. The number of aromatic nitrogens is 3. The van der Waals surface area contributed by atoms with Gasteiger partial charge in [0.05, 0.1) is 17.9 Å². The first-order valence-corrected chi connectivity index (χ1v) is 14.4. The third-order valence-electron chi connectivity index (χ3n) is 8.73. The summed E-state index contributed by atoms with van der Waals surface area (Å²) in [5, 5.41) is 7.31. The van der Waals surface area contributed by atoms with Crippen molar-refractivity contribution in [1.29, 1.82) is 0 Å². The first-order valence-electron chi connectivity index (χ1n) is 14.4. The summed E-state index contributed by atoms with van der Waals surface area (Å²) in [5.41, 5.74) is 4.68. The van der Waals surface area contributed by atoms with Crippen LogP contribution in [0, 0.1) is 0 Å². The fourth-order valence-electron chi connectivity index (χ4n) is 6.63. The third-order valence-corrected chi connectivity index (χ3v) is 8.73. The molecule has 3 heterocycles. The number of hydrogen-bond donors (Lipinski definition) is 2. The van der Waals surface area contributed by atoms with Crippen LogP contribution < -0.4 is 10.6 Å². The summed E-state index contributed by atoms with van der Waals surface area (Å²) < 4.78 is 2.34. The van der Waals surface area contributed by atoms with Crippen LogP contribution in [0.25, 0.3) is 11.2 Å². The van der Waals surface area contributed by atoms with Crippen molar-refractivity contribution in [3.63, 3.8) is 0 Å². The summed E-state index contributed by atoms with van der Waals surface area (Å²) in [5.74, 6) is 1.18. The van der Waals surface area contributed by atoms with Gasteiger partial charge in [0, 0.05) is 44.3 Å². The Morgan fingerprint density at radius 2 is 1.84 bits per heavy atom. The van der Waals surface area contributed by atoms with Gasteiger partial charge >= 0.3 is 0 Å². The number of imidazole rings is 1. The predicted octanol–water partition coefficient (Wildman–Crippen LogP) is 5.01. The van der Waals surface area contributed by atoms with Crippen molar-refractivity contribution in [1.82, 2.24) is 29.7 Å². The van der Waals surface area contributed by atoms with Gasteiger partial charge in [-0.05, 0) is 64.8 Å². The van der Waals surface area contributed by atoms with Gasteiger partial charge in [-0.3, -0.25) is 9.80 Å². The molecule has 1 aliphatic carbocycles. The Bertz CT molecular complexity index is 1140. The fraction of sp³-hybridized carbons (Fsp3) is 0.600. The Balaban J connectivity index is 1.34. The number of benzene rings is 1. The molecular weight excluding hydrogens is 458 g/mol. The average molecular weight is 504 g/mol. The van der Waals surface area contributed by atoms with E-state index in [1.165, 1.54) is 11.4 Å². The van der Waals surface area contributed by atoms with Crippen molar-refractivity contribution in [2.45, 2.75) is 76.5 Å². The zero-order valence-corrected chi connectivity index (χ0v) is 23.2. The van der Waals surface area contributed by atoms with Crippen LogP contribution in [0.1, 0.15) is 69.8 Å². The lowest BCUT2D eigenvalue weighted by Gasteiger charge is -2.46. The smallest absolute Gasteiger partial charge is 0.160 e. The topological polar surface area (TPSA) is 61.3 Å². The highest BCUT2D eigenvalue weighted by Gasteiger charge is 2.38. The van der Waals surface area contributed by atoms with Crippen LogP contribution in [0.2, 0.25) is 0 Å². The Labute approximate surface area is 222 Å². The minimum atomic E-state index is 0.120. The highest BCUT2D eigenvalue weighted by atomic mass is 15.3. The van der Waals surface area contributed by atoms with Gasteiger partial charge in [0.25, 0.3) is 0 Å². The standard InChI is InChI=1S/C30H45N7/c1-5-10-27(36-19-17-31-18-20-36)29-34-26-21-25(22-32-28(26)37(29)6-2)33-24-13-15-30(16-14-24,35(3)4)23-11-8-7-9-12-23/h7-9,11-12,21-22,24,27,31,33H,5-6,10,13-20H2,1-4H3/t24-,27?,30+. The second-order valence-corrected chi connectivity index (χ2v) is 11.1. The Morgan fingerprint density at radius 3 is 2.49 bits per heavy atom. The molecule has 1 aliphatic heterocycles. The monoisotopic (exact) mass is 503 g/mol. The number of aryl methyl sites for hydroxylation is 1. The van der Waals surface area contributed by atoms with E-state index in [2.05, 4.69) is 89.3 Å². The number of pyridine rings is 1. The largest absolute Gasteiger partial charge is 0.381 e. The summed E-state index contributed by atoms with van der Waals surface area (Å²) in [4.78, 5) is 15.2. The normalized spacial score (nSPS) is 24.0. The van der Waals surface area contributed by atoms with Crippen molar-refractivity contribution in [2.24, 2.45) is 0 Å². The van der Waals surface area contributed by atoms with Crippen molar-refractivity contribution in [2.75, 3.05) is 45.6 Å². The fourth-order valence-corrected chi connectivity index (χ4v) is 6.63. The molecule has 2 fully saturated rings. The van der Waals surface area contributed by atoms with Gasteiger partial charge in [-0.2, -0.15) is 0 Å². The average Bonchev–Trinajstić information content (AvgIpc) is 3.30. The zero-order valence-electron chi connectivity index (χ0n) is 23.2. The van der Waals surface area contributed by atoms with E-state index in [-0.39, 0.29) is 5.54 Å². The van der Waals surface area contributed by atoms with E-state index in [9.17, 15) is 0 Å². The second-order valence-electron chi connectivity index (χ2n) is 11.1. The molecule has 0 bridgehead atoms. The van der Waals surface area contributed by atoms with E-state index in [1.807, 2.05) is 6.20 Å². The maximum absolute atomic E-state index is 5.21. The molecule has 200 valence electrons. The van der Waals surface area contributed by atoms with E-state index in [0.717, 1.165) is 88.1 Å². The lowest BCUT2D eigenvalue weighted by molar-refractivity contribution is 0.0945. The van der Waals surface area contributed by atoms with Crippen LogP contribution in [0.15, 0.2) is 42.6 Å². The molecule has 1 saturated heterocycles. The lowest BCUT2D eigenvalue weighted by Crippen LogP contribution is -2.46. The second kappa shape index (κ2) is 11.5. The Morgan fingerprint density at radius 1 is 1.11 bits per heavy atom. The van der Waals surface area contributed by atoms with E-state index in [0.29, 0.717) is 12.1 Å². The molecule has 0 spiro atoms. The number of nitrogens with zero attached hydrogens (tertiary/aromatic N) is 5. The van der Waals surface area contributed by atoms with Crippen LogP contribution in [0.3, 0.4) is 0 Å². The Hall–Kier alpha value is -2.48. The van der Waals surface area contributed by atoms with Gasteiger partial charge < -0.3 is 15.2 Å². The quantitative estimate of drug-likeness (QED) is 0.428. The van der Waals surface area contributed by atoms with Crippen LogP contribution in [-0.4, -0.2) is 70.7 Å². The summed E-state index contributed by atoms with van der Waals surface area (Å²) >= 11 is 0.